The SMILES string of the molecule is COc1cccc(CNC(=O)c2ccc(N3CCCS3(=O)=O)cc2)c1. The molecule has 1 fully saturated rings. The molecule has 0 bridgehead atoms. The molecule has 1 aliphatic heterocycles. The Kier molecular flexibility index (Phi) is 4.94. The third kappa shape index (κ3) is 3.93. The maximum absolute atomic E-state index is 12.3. The molecule has 6 nitrogen and oxygen atoms in total. The van der Waals surface area contributed by atoms with Gasteiger partial charge in [-0.3, -0.25) is 9.10 Å². The molecule has 0 aromatic heterocycles. The van der Waals surface area contributed by atoms with Gasteiger partial charge in [0, 0.05) is 18.7 Å². The van der Waals surface area contributed by atoms with Crippen molar-refractivity contribution in [3.8, 4) is 5.75 Å². The van der Waals surface area contributed by atoms with Gasteiger partial charge < -0.3 is 10.1 Å². The lowest BCUT2D eigenvalue weighted by molar-refractivity contribution is 0.0951. The largest absolute Gasteiger partial charge is 0.497 e. The average molecular weight is 360 g/mol. The number of carbonyl (C=O) groups excluding carboxylic acids is 1. The Bertz CT molecular complexity index is 863. The van der Waals surface area contributed by atoms with Crippen LogP contribution in [0.3, 0.4) is 0 Å². The van der Waals surface area contributed by atoms with Crippen molar-refractivity contribution < 1.29 is 17.9 Å². The number of amides is 1. The highest BCUT2D eigenvalue weighted by Crippen LogP contribution is 2.24. The molecule has 0 atom stereocenters. The van der Waals surface area contributed by atoms with Gasteiger partial charge in [-0.2, -0.15) is 0 Å². The van der Waals surface area contributed by atoms with Crippen LogP contribution in [0.5, 0.6) is 5.75 Å². The zero-order chi connectivity index (χ0) is 17.9. The van der Waals surface area contributed by atoms with Crippen molar-refractivity contribution in [1.82, 2.24) is 5.32 Å². The van der Waals surface area contributed by atoms with Crippen LogP contribution in [0.1, 0.15) is 22.3 Å². The first-order chi connectivity index (χ1) is 12.0. The summed E-state index contributed by atoms with van der Waals surface area (Å²) in [7, 11) is -1.61. The fourth-order valence-electron chi connectivity index (χ4n) is 2.78. The predicted octanol–water partition coefficient (Wildman–Crippen LogP) is 2.17. The highest BCUT2D eigenvalue weighted by atomic mass is 32.2. The van der Waals surface area contributed by atoms with Crippen molar-refractivity contribution in [3.63, 3.8) is 0 Å². The Hall–Kier alpha value is -2.54. The highest BCUT2D eigenvalue weighted by molar-refractivity contribution is 7.93. The molecule has 0 unspecified atom stereocenters. The van der Waals surface area contributed by atoms with Gasteiger partial charge in [-0.1, -0.05) is 12.1 Å². The molecule has 1 saturated heterocycles. The number of hydrogen-bond acceptors (Lipinski definition) is 4. The Labute approximate surface area is 147 Å². The minimum absolute atomic E-state index is 0.176. The van der Waals surface area contributed by atoms with Crippen molar-refractivity contribution in [1.29, 1.82) is 0 Å². The van der Waals surface area contributed by atoms with Crippen LogP contribution in [0.4, 0.5) is 5.69 Å². The summed E-state index contributed by atoms with van der Waals surface area (Å²) in [4.78, 5) is 12.3. The molecule has 0 radical (unpaired) electrons. The van der Waals surface area contributed by atoms with Gasteiger partial charge in [-0.05, 0) is 48.4 Å². The predicted molar refractivity (Wildman–Crippen MR) is 96.4 cm³/mol. The first-order valence-corrected chi connectivity index (χ1v) is 9.62. The van der Waals surface area contributed by atoms with Crippen LogP contribution in [0.15, 0.2) is 48.5 Å². The molecule has 1 heterocycles. The number of methoxy groups -OCH3 is 1. The summed E-state index contributed by atoms with van der Waals surface area (Å²) in [6.07, 6.45) is 0.630. The van der Waals surface area contributed by atoms with Gasteiger partial charge >= 0.3 is 0 Å². The number of nitrogens with one attached hydrogen (secondary N) is 1. The molecule has 3 rings (SSSR count). The lowest BCUT2D eigenvalue weighted by Crippen LogP contribution is -2.25. The van der Waals surface area contributed by atoms with Crippen molar-refractivity contribution in [2.45, 2.75) is 13.0 Å². The fourth-order valence-corrected chi connectivity index (χ4v) is 4.34. The summed E-state index contributed by atoms with van der Waals surface area (Å²) in [5, 5.41) is 2.85. The average Bonchev–Trinajstić information content (AvgIpc) is 2.99. The van der Waals surface area contributed by atoms with E-state index in [1.807, 2.05) is 24.3 Å². The van der Waals surface area contributed by atoms with Gasteiger partial charge in [0.25, 0.3) is 5.91 Å². The fraction of sp³-hybridized carbons (Fsp3) is 0.278. The molecule has 7 heteroatoms. The van der Waals surface area contributed by atoms with E-state index in [0.717, 1.165) is 11.3 Å². The maximum atomic E-state index is 12.3. The number of ether oxygens (including phenoxy) is 1. The summed E-state index contributed by atoms with van der Waals surface area (Å²) in [5.41, 5.74) is 2.03. The van der Waals surface area contributed by atoms with Gasteiger partial charge in [0.2, 0.25) is 10.0 Å². The lowest BCUT2D eigenvalue weighted by Gasteiger charge is -2.17. The van der Waals surface area contributed by atoms with Crippen LogP contribution >= 0.6 is 0 Å². The monoisotopic (exact) mass is 360 g/mol. The van der Waals surface area contributed by atoms with Gasteiger partial charge in [0.1, 0.15) is 5.75 Å². The second kappa shape index (κ2) is 7.14. The van der Waals surface area contributed by atoms with E-state index in [4.69, 9.17) is 4.74 Å². The van der Waals surface area contributed by atoms with E-state index in [2.05, 4.69) is 5.32 Å². The minimum Gasteiger partial charge on any atom is -0.497 e. The number of benzene rings is 2. The summed E-state index contributed by atoms with van der Waals surface area (Å²) >= 11 is 0. The molecular weight excluding hydrogens is 340 g/mol. The first-order valence-electron chi connectivity index (χ1n) is 8.01. The van der Waals surface area contributed by atoms with Crippen molar-refractivity contribution in [3.05, 3.63) is 59.7 Å². The highest BCUT2D eigenvalue weighted by Gasteiger charge is 2.28. The van der Waals surface area contributed by atoms with Crippen LogP contribution < -0.4 is 14.4 Å². The van der Waals surface area contributed by atoms with Crippen LogP contribution in [0.25, 0.3) is 0 Å². The smallest absolute Gasteiger partial charge is 0.251 e. The first kappa shape index (κ1) is 17.3. The van der Waals surface area contributed by atoms with Gasteiger partial charge in [-0.25, -0.2) is 8.42 Å². The number of carbonyl (C=O) groups is 1. The molecule has 132 valence electrons. The topological polar surface area (TPSA) is 75.7 Å². The molecule has 0 aliphatic carbocycles. The van der Waals surface area contributed by atoms with E-state index >= 15 is 0 Å². The second-order valence-electron chi connectivity index (χ2n) is 5.82. The van der Waals surface area contributed by atoms with Crippen LogP contribution in [-0.4, -0.2) is 33.7 Å². The Morgan fingerprint density at radius 2 is 1.96 bits per heavy atom. The molecule has 2 aromatic rings. The minimum atomic E-state index is -3.21. The standard InChI is InChI=1S/C18H20N2O4S/c1-24-17-5-2-4-14(12-17)13-19-18(21)15-6-8-16(9-7-15)20-10-3-11-25(20,22)23/h2,4-9,12H,3,10-11,13H2,1H3,(H,19,21). The Balaban J connectivity index is 1.64. The molecule has 0 spiro atoms. The number of hydrogen-bond donors (Lipinski definition) is 1. The number of rotatable bonds is 5. The third-order valence-electron chi connectivity index (χ3n) is 4.10. The molecular formula is C18H20N2O4S. The van der Waals surface area contributed by atoms with E-state index in [-0.39, 0.29) is 11.7 Å². The summed E-state index contributed by atoms with van der Waals surface area (Å²) in [6, 6.07) is 14.1. The summed E-state index contributed by atoms with van der Waals surface area (Å²) in [5.74, 6) is 0.706. The normalized spacial score (nSPS) is 15.8. The van der Waals surface area contributed by atoms with Crippen LogP contribution in [0, 0.1) is 0 Å². The van der Waals surface area contributed by atoms with E-state index in [0.29, 0.717) is 30.8 Å². The zero-order valence-corrected chi connectivity index (χ0v) is 14.8. The van der Waals surface area contributed by atoms with Crippen molar-refractivity contribution in [2.75, 3.05) is 23.7 Å². The summed E-state index contributed by atoms with van der Waals surface area (Å²) in [6.45, 7) is 0.877. The van der Waals surface area contributed by atoms with Crippen LogP contribution in [0.2, 0.25) is 0 Å². The van der Waals surface area contributed by atoms with Gasteiger partial charge in [-0.15, -0.1) is 0 Å². The molecule has 25 heavy (non-hydrogen) atoms. The van der Waals surface area contributed by atoms with E-state index in [1.54, 1.807) is 31.4 Å². The quantitative estimate of drug-likeness (QED) is 0.887. The molecule has 2 aromatic carbocycles. The van der Waals surface area contributed by atoms with Gasteiger partial charge in [0.05, 0.1) is 18.6 Å². The third-order valence-corrected chi connectivity index (χ3v) is 5.97. The number of nitrogens with zero attached hydrogens (tertiary/aromatic N) is 1. The van der Waals surface area contributed by atoms with Crippen molar-refractivity contribution in [2.24, 2.45) is 0 Å². The molecule has 0 saturated carbocycles. The maximum Gasteiger partial charge on any atom is 0.251 e. The second-order valence-corrected chi connectivity index (χ2v) is 7.84. The van der Waals surface area contributed by atoms with Crippen LogP contribution in [-0.2, 0) is 16.6 Å². The van der Waals surface area contributed by atoms with E-state index in [1.165, 1.54) is 4.31 Å². The van der Waals surface area contributed by atoms with Gasteiger partial charge in [0.15, 0.2) is 0 Å². The molecule has 1 aliphatic rings. The summed E-state index contributed by atoms with van der Waals surface area (Å²) < 4.78 is 30.4. The zero-order valence-electron chi connectivity index (χ0n) is 13.9. The number of anilines is 1. The Morgan fingerprint density at radius 3 is 2.60 bits per heavy atom. The lowest BCUT2D eigenvalue weighted by atomic mass is 10.1. The molecule has 1 N–H and O–H groups in total. The van der Waals surface area contributed by atoms with E-state index in [9.17, 15) is 13.2 Å². The van der Waals surface area contributed by atoms with E-state index < -0.39 is 10.0 Å². The molecule has 1 amide bonds. The number of sulfonamides is 1. The Morgan fingerprint density at radius 1 is 1.20 bits per heavy atom. The van der Waals surface area contributed by atoms with Crippen molar-refractivity contribution >= 4 is 21.6 Å².